The summed E-state index contributed by atoms with van der Waals surface area (Å²) in [6.07, 6.45) is 3.02. The van der Waals surface area contributed by atoms with E-state index in [1.807, 2.05) is 6.08 Å². The summed E-state index contributed by atoms with van der Waals surface area (Å²) < 4.78 is 0. The Morgan fingerprint density at radius 3 is 2.39 bits per heavy atom. The van der Waals surface area contributed by atoms with Gasteiger partial charge in [-0.1, -0.05) is 24.4 Å². The first-order valence-electron chi connectivity index (χ1n) is 6.56. The van der Waals surface area contributed by atoms with Gasteiger partial charge in [0.25, 0.3) is 0 Å². The molecule has 6 heteroatoms. The molecule has 0 aromatic heterocycles. The van der Waals surface area contributed by atoms with Crippen molar-refractivity contribution in [2.24, 2.45) is 0 Å². The SMILES string of the molecule is CCCNN1NC(=S)C=C(N(C(C)C)C(C)C)N1. The third-order valence-corrected chi connectivity index (χ3v) is 2.84. The Hall–Kier alpha value is -0.850. The molecular weight excluding hydrogens is 246 g/mol. The van der Waals surface area contributed by atoms with Crippen molar-refractivity contribution in [3.8, 4) is 0 Å². The van der Waals surface area contributed by atoms with Crippen molar-refractivity contribution >= 4 is 17.2 Å². The number of nitrogens with one attached hydrogen (secondary N) is 3. The van der Waals surface area contributed by atoms with Gasteiger partial charge in [0.1, 0.15) is 10.8 Å². The first-order valence-corrected chi connectivity index (χ1v) is 6.97. The van der Waals surface area contributed by atoms with E-state index in [0.717, 1.165) is 18.8 Å². The molecule has 3 N–H and O–H groups in total. The number of rotatable bonds is 6. The summed E-state index contributed by atoms with van der Waals surface area (Å²) in [6, 6.07) is 0.829. The fourth-order valence-electron chi connectivity index (χ4n) is 2.03. The van der Waals surface area contributed by atoms with Gasteiger partial charge in [0.05, 0.1) is 0 Å². The Morgan fingerprint density at radius 1 is 1.28 bits per heavy atom. The van der Waals surface area contributed by atoms with E-state index in [1.54, 1.807) is 5.23 Å². The van der Waals surface area contributed by atoms with Crippen LogP contribution in [0.3, 0.4) is 0 Å². The first-order chi connectivity index (χ1) is 8.45. The average Bonchev–Trinajstić information content (AvgIpc) is 2.24. The molecule has 0 saturated heterocycles. The summed E-state index contributed by atoms with van der Waals surface area (Å²) in [5.41, 5.74) is 9.57. The Labute approximate surface area is 115 Å². The maximum absolute atomic E-state index is 5.27. The van der Waals surface area contributed by atoms with E-state index in [0.29, 0.717) is 17.1 Å². The van der Waals surface area contributed by atoms with Gasteiger partial charge in [0, 0.05) is 24.7 Å². The molecule has 1 aliphatic rings. The Morgan fingerprint density at radius 2 is 1.89 bits per heavy atom. The minimum atomic E-state index is 0.415. The van der Waals surface area contributed by atoms with Crippen molar-refractivity contribution in [3.05, 3.63) is 11.9 Å². The Kier molecular flexibility index (Phi) is 5.84. The highest BCUT2D eigenvalue weighted by Crippen LogP contribution is 2.13. The van der Waals surface area contributed by atoms with Crippen LogP contribution in [0.1, 0.15) is 41.0 Å². The molecule has 104 valence electrons. The van der Waals surface area contributed by atoms with Crippen molar-refractivity contribution in [2.75, 3.05) is 6.54 Å². The number of thiocarbonyl (C=S) groups is 1. The molecule has 0 aromatic rings. The topological polar surface area (TPSA) is 42.6 Å². The molecule has 0 spiro atoms. The van der Waals surface area contributed by atoms with Crippen LogP contribution in [0.15, 0.2) is 11.9 Å². The van der Waals surface area contributed by atoms with Crippen molar-refractivity contribution in [1.29, 1.82) is 0 Å². The fraction of sp³-hybridized carbons (Fsp3) is 0.750. The van der Waals surface area contributed by atoms with Crippen molar-refractivity contribution in [2.45, 2.75) is 53.1 Å². The summed E-state index contributed by atoms with van der Waals surface area (Å²) in [5.74, 6) is 1.02. The monoisotopic (exact) mass is 271 g/mol. The molecule has 0 atom stereocenters. The Bertz CT molecular complexity index is 306. The standard InChI is InChI=1S/C12H25N5S/c1-6-7-13-17-14-11(8-12(18)15-17)16(9(2)3)10(4)5/h8-10,13-14H,6-7H2,1-5H3,(H,15,18). The number of hydrazine groups is 3. The summed E-state index contributed by atoms with van der Waals surface area (Å²) in [6.45, 7) is 11.7. The van der Waals surface area contributed by atoms with Gasteiger partial charge in [-0.2, -0.15) is 0 Å². The maximum atomic E-state index is 5.27. The van der Waals surface area contributed by atoms with Crippen molar-refractivity contribution < 1.29 is 0 Å². The molecule has 1 heterocycles. The molecule has 0 aromatic carbocycles. The number of hydrogen-bond acceptors (Lipinski definition) is 5. The smallest absolute Gasteiger partial charge is 0.122 e. The lowest BCUT2D eigenvalue weighted by atomic mass is 10.2. The molecule has 18 heavy (non-hydrogen) atoms. The summed E-state index contributed by atoms with van der Waals surface area (Å²) in [7, 11) is 0. The van der Waals surface area contributed by atoms with E-state index in [2.05, 4.69) is 55.8 Å². The quantitative estimate of drug-likeness (QED) is 0.637. The zero-order chi connectivity index (χ0) is 13.7. The van der Waals surface area contributed by atoms with Crippen molar-refractivity contribution in [3.63, 3.8) is 0 Å². The van der Waals surface area contributed by atoms with E-state index < -0.39 is 0 Å². The molecule has 5 nitrogen and oxygen atoms in total. The normalized spacial score (nSPS) is 16.6. The lowest BCUT2D eigenvalue weighted by Gasteiger charge is -2.40. The summed E-state index contributed by atoms with van der Waals surface area (Å²) in [5, 5.41) is 1.74. The molecule has 0 radical (unpaired) electrons. The molecule has 1 aliphatic heterocycles. The van der Waals surface area contributed by atoms with E-state index in [-0.39, 0.29) is 0 Å². The van der Waals surface area contributed by atoms with Gasteiger partial charge in [-0.25, -0.2) is 5.43 Å². The lowest BCUT2D eigenvalue weighted by Crippen LogP contribution is -2.62. The molecular formula is C12H25N5S. The molecule has 0 amide bonds. The highest BCUT2D eigenvalue weighted by Gasteiger charge is 2.22. The van der Waals surface area contributed by atoms with Gasteiger partial charge in [-0.3, -0.25) is 10.9 Å². The second-order valence-electron chi connectivity index (χ2n) is 4.96. The third kappa shape index (κ3) is 4.12. The van der Waals surface area contributed by atoms with E-state index >= 15 is 0 Å². The van der Waals surface area contributed by atoms with E-state index in [1.165, 1.54) is 0 Å². The first kappa shape index (κ1) is 15.2. The van der Waals surface area contributed by atoms with Crippen LogP contribution in [-0.4, -0.2) is 33.7 Å². The number of hydrogen-bond donors (Lipinski definition) is 3. The van der Waals surface area contributed by atoms with Crippen LogP contribution in [-0.2, 0) is 0 Å². The van der Waals surface area contributed by atoms with Gasteiger partial charge in [0.2, 0.25) is 0 Å². The van der Waals surface area contributed by atoms with Crippen molar-refractivity contribution in [1.82, 2.24) is 26.4 Å². The van der Waals surface area contributed by atoms with Crippen LogP contribution in [0.5, 0.6) is 0 Å². The van der Waals surface area contributed by atoms with E-state index in [9.17, 15) is 0 Å². The fourth-order valence-corrected chi connectivity index (χ4v) is 2.23. The minimum absolute atomic E-state index is 0.415. The molecule has 0 unspecified atom stereocenters. The van der Waals surface area contributed by atoms with Crippen LogP contribution >= 0.6 is 12.2 Å². The number of nitrogens with zero attached hydrogens (tertiary/aromatic N) is 2. The molecule has 0 aliphatic carbocycles. The van der Waals surface area contributed by atoms with Crippen LogP contribution in [0.25, 0.3) is 0 Å². The zero-order valence-electron chi connectivity index (χ0n) is 11.9. The van der Waals surface area contributed by atoms with Crippen LogP contribution in [0, 0.1) is 0 Å². The summed E-state index contributed by atoms with van der Waals surface area (Å²) in [4.78, 5) is 3.01. The van der Waals surface area contributed by atoms with Crippen LogP contribution < -0.4 is 16.3 Å². The van der Waals surface area contributed by atoms with E-state index in [4.69, 9.17) is 12.2 Å². The Balaban J connectivity index is 2.77. The average molecular weight is 271 g/mol. The van der Waals surface area contributed by atoms with Gasteiger partial charge in [0.15, 0.2) is 0 Å². The zero-order valence-corrected chi connectivity index (χ0v) is 12.8. The lowest BCUT2D eigenvalue weighted by molar-refractivity contribution is 0.0606. The maximum Gasteiger partial charge on any atom is 0.122 e. The predicted molar refractivity (Wildman–Crippen MR) is 79.2 cm³/mol. The highest BCUT2D eigenvalue weighted by molar-refractivity contribution is 7.80. The minimum Gasteiger partial charge on any atom is -0.352 e. The second-order valence-corrected chi connectivity index (χ2v) is 5.40. The molecule has 0 saturated carbocycles. The van der Waals surface area contributed by atoms with Gasteiger partial charge in [-0.05, 0) is 34.1 Å². The van der Waals surface area contributed by atoms with Gasteiger partial charge < -0.3 is 4.90 Å². The largest absolute Gasteiger partial charge is 0.352 e. The van der Waals surface area contributed by atoms with Gasteiger partial charge in [-0.15, -0.1) is 0 Å². The third-order valence-electron chi connectivity index (χ3n) is 2.63. The summed E-state index contributed by atoms with van der Waals surface area (Å²) >= 11 is 5.27. The second kappa shape index (κ2) is 6.92. The molecule has 0 bridgehead atoms. The van der Waals surface area contributed by atoms with Crippen LogP contribution in [0.2, 0.25) is 0 Å². The van der Waals surface area contributed by atoms with Crippen LogP contribution in [0.4, 0.5) is 0 Å². The molecule has 0 fully saturated rings. The highest BCUT2D eigenvalue weighted by atomic mass is 32.1. The van der Waals surface area contributed by atoms with Gasteiger partial charge >= 0.3 is 0 Å². The predicted octanol–water partition coefficient (Wildman–Crippen LogP) is 1.51. The molecule has 1 rings (SSSR count).